The van der Waals surface area contributed by atoms with Crippen molar-refractivity contribution in [1.29, 1.82) is 0 Å². The fourth-order valence-corrected chi connectivity index (χ4v) is 0.810. The second-order valence-corrected chi connectivity index (χ2v) is 3.02. The number of carbonyl (C=O) groups excluding carboxylic acids is 2. The van der Waals surface area contributed by atoms with E-state index in [1.165, 1.54) is 20.3 Å². The summed E-state index contributed by atoms with van der Waals surface area (Å²) in [4.78, 5) is 22.1. The van der Waals surface area contributed by atoms with Gasteiger partial charge >= 0.3 is 11.9 Å². The largest absolute Gasteiger partial charge is 0.479 e. The molecule has 0 radical (unpaired) electrons. The molecule has 0 aromatic heterocycles. The van der Waals surface area contributed by atoms with Crippen molar-refractivity contribution in [2.45, 2.75) is 6.92 Å². The van der Waals surface area contributed by atoms with Crippen LogP contribution in [0.5, 0.6) is 0 Å². The zero-order chi connectivity index (χ0) is 13.4. The average Bonchev–Trinajstić information content (AvgIpc) is 2.31. The van der Waals surface area contributed by atoms with Crippen molar-refractivity contribution >= 4 is 11.9 Å². The minimum absolute atomic E-state index is 0.0396. The Morgan fingerprint density at radius 2 is 1.76 bits per heavy atom. The number of ether oxygens (including phenoxy) is 3. The second-order valence-electron chi connectivity index (χ2n) is 3.02. The van der Waals surface area contributed by atoms with Crippen molar-refractivity contribution in [3.63, 3.8) is 0 Å². The average molecular weight is 244 g/mol. The molecule has 0 fully saturated rings. The highest BCUT2D eigenvalue weighted by Gasteiger charge is 2.13. The first kappa shape index (κ1) is 14.8. The van der Waals surface area contributed by atoms with Gasteiger partial charge in [0.15, 0.2) is 18.1 Å². The molecule has 0 aliphatic heterocycles. The van der Waals surface area contributed by atoms with Crippen LogP contribution < -0.4 is 11.5 Å². The standard InChI is InChI=1S/C10H16N2O5/c1-6(11)4-7(9(12)10(14)16-3)17-5-8(13)15-2/h4H,5,11-12H2,1-3H3/b6-4-,9-7+. The van der Waals surface area contributed by atoms with Crippen LogP contribution in [-0.4, -0.2) is 32.8 Å². The molecule has 0 saturated heterocycles. The van der Waals surface area contributed by atoms with E-state index >= 15 is 0 Å². The molecule has 0 spiro atoms. The van der Waals surface area contributed by atoms with Crippen molar-refractivity contribution in [2.75, 3.05) is 20.8 Å². The van der Waals surface area contributed by atoms with Gasteiger partial charge in [0.05, 0.1) is 14.2 Å². The number of rotatable bonds is 5. The zero-order valence-electron chi connectivity index (χ0n) is 9.98. The van der Waals surface area contributed by atoms with E-state index in [0.717, 1.165) is 0 Å². The second kappa shape index (κ2) is 7.15. The Morgan fingerprint density at radius 1 is 1.18 bits per heavy atom. The third-order valence-electron chi connectivity index (χ3n) is 1.60. The van der Waals surface area contributed by atoms with Crippen molar-refractivity contribution in [2.24, 2.45) is 11.5 Å². The van der Waals surface area contributed by atoms with E-state index in [4.69, 9.17) is 16.2 Å². The van der Waals surface area contributed by atoms with Gasteiger partial charge in [-0.15, -0.1) is 0 Å². The van der Waals surface area contributed by atoms with E-state index in [9.17, 15) is 9.59 Å². The molecular formula is C10H16N2O5. The van der Waals surface area contributed by atoms with Crippen LogP contribution in [0.3, 0.4) is 0 Å². The van der Waals surface area contributed by atoms with E-state index in [0.29, 0.717) is 5.70 Å². The molecular weight excluding hydrogens is 228 g/mol. The van der Waals surface area contributed by atoms with Crippen LogP contribution in [0.4, 0.5) is 0 Å². The molecule has 17 heavy (non-hydrogen) atoms. The summed E-state index contributed by atoms with van der Waals surface area (Å²) in [5.74, 6) is -1.42. The third-order valence-corrected chi connectivity index (χ3v) is 1.60. The van der Waals surface area contributed by atoms with Crippen LogP contribution in [-0.2, 0) is 23.8 Å². The van der Waals surface area contributed by atoms with Gasteiger partial charge in [-0.2, -0.15) is 0 Å². The first-order valence-electron chi connectivity index (χ1n) is 4.63. The van der Waals surface area contributed by atoms with Gasteiger partial charge in [0, 0.05) is 11.8 Å². The number of hydrogen-bond donors (Lipinski definition) is 2. The molecule has 7 heteroatoms. The molecule has 0 aliphatic rings. The molecule has 96 valence electrons. The van der Waals surface area contributed by atoms with Crippen LogP contribution in [0.2, 0.25) is 0 Å². The van der Waals surface area contributed by atoms with Gasteiger partial charge in [0.2, 0.25) is 0 Å². The maximum atomic E-state index is 11.2. The van der Waals surface area contributed by atoms with Gasteiger partial charge in [0.25, 0.3) is 0 Å². The minimum Gasteiger partial charge on any atom is -0.479 e. The lowest BCUT2D eigenvalue weighted by Crippen LogP contribution is -2.19. The Hall–Kier alpha value is -2.18. The molecule has 0 aromatic carbocycles. The molecule has 0 aliphatic carbocycles. The lowest BCUT2D eigenvalue weighted by Gasteiger charge is -2.09. The van der Waals surface area contributed by atoms with E-state index in [1.807, 2.05) is 0 Å². The molecule has 0 rings (SSSR count). The van der Waals surface area contributed by atoms with E-state index in [-0.39, 0.29) is 18.1 Å². The summed E-state index contributed by atoms with van der Waals surface area (Å²) >= 11 is 0. The molecule has 0 aromatic rings. The van der Waals surface area contributed by atoms with Crippen molar-refractivity contribution in [3.8, 4) is 0 Å². The van der Waals surface area contributed by atoms with Crippen LogP contribution in [0.1, 0.15) is 6.92 Å². The summed E-state index contributed by atoms with van der Waals surface area (Å²) in [7, 11) is 2.38. The van der Waals surface area contributed by atoms with Crippen LogP contribution in [0.25, 0.3) is 0 Å². The SMILES string of the molecule is COC(=O)COC(/C=C(/C)N)=C(/N)C(=O)OC. The number of methoxy groups -OCH3 is 2. The molecule has 4 N–H and O–H groups in total. The first-order valence-corrected chi connectivity index (χ1v) is 4.63. The van der Waals surface area contributed by atoms with Crippen molar-refractivity contribution < 1.29 is 23.8 Å². The normalized spacial score (nSPS) is 12.5. The summed E-state index contributed by atoms with van der Waals surface area (Å²) < 4.78 is 13.8. The highest BCUT2D eigenvalue weighted by Crippen LogP contribution is 2.07. The quantitative estimate of drug-likeness (QED) is 0.287. The van der Waals surface area contributed by atoms with Crippen molar-refractivity contribution in [3.05, 3.63) is 23.2 Å². The zero-order valence-corrected chi connectivity index (χ0v) is 9.98. The third kappa shape index (κ3) is 5.45. The monoisotopic (exact) mass is 244 g/mol. The van der Waals surface area contributed by atoms with Gasteiger partial charge < -0.3 is 25.7 Å². The van der Waals surface area contributed by atoms with E-state index < -0.39 is 11.9 Å². The van der Waals surface area contributed by atoms with Crippen LogP contribution >= 0.6 is 0 Å². The maximum absolute atomic E-state index is 11.2. The molecule has 0 saturated carbocycles. The molecule has 0 atom stereocenters. The summed E-state index contributed by atoms with van der Waals surface area (Å²) in [6, 6.07) is 0. The predicted octanol–water partition coefficient (Wildman–Crippen LogP) is -0.618. The molecule has 0 bridgehead atoms. The molecule has 0 heterocycles. The summed E-state index contributed by atoms with van der Waals surface area (Å²) in [5, 5.41) is 0. The molecule has 0 unspecified atom stereocenters. The summed E-state index contributed by atoms with van der Waals surface area (Å²) in [6.45, 7) is 1.19. The molecule has 0 amide bonds. The Kier molecular flexibility index (Phi) is 6.24. The number of carbonyl (C=O) groups is 2. The fourth-order valence-electron chi connectivity index (χ4n) is 0.810. The van der Waals surface area contributed by atoms with E-state index in [2.05, 4.69) is 9.47 Å². The Bertz CT molecular complexity index is 356. The van der Waals surface area contributed by atoms with E-state index in [1.54, 1.807) is 6.92 Å². The van der Waals surface area contributed by atoms with Gasteiger partial charge in [0.1, 0.15) is 0 Å². The van der Waals surface area contributed by atoms with Crippen molar-refractivity contribution in [1.82, 2.24) is 0 Å². The topological polar surface area (TPSA) is 114 Å². The summed E-state index contributed by atoms with van der Waals surface area (Å²) in [5.41, 5.74) is 11.0. The van der Waals surface area contributed by atoms with Gasteiger partial charge in [-0.1, -0.05) is 0 Å². The number of nitrogens with two attached hydrogens (primary N) is 2. The smallest absolute Gasteiger partial charge is 0.357 e. The fraction of sp³-hybridized carbons (Fsp3) is 0.400. The van der Waals surface area contributed by atoms with Crippen LogP contribution in [0, 0.1) is 0 Å². The Balaban J connectivity index is 4.95. The van der Waals surface area contributed by atoms with Gasteiger partial charge in [-0.05, 0) is 6.92 Å². The minimum atomic E-state index is -0.776. The van der Waals surface area contributed by atoms with Gasteiger partial charge in [-0.3, -0.25) is 0 Å². The number of hydrogen-bond acceptors (Lipinski definition) is 7. The number of allylic oxidation sites excluding steroid dienone is 2. The lowest BCUT2D eigenvalue weighted by atomic mass is 10.3. The first-order chi connectivity index (χ1) is 7.92. The summed E-state index contributed by atoms with van der Waals surface area (Å²) in [6.07, 6.45) is 1.31. The number of esters is 2. The highest BCUT2D eigenvalue weighted by molar-refractivity contribution is 5.88. The lowest BCUT2D eigenvalue weighted by molar-refractivity contribution is -0.144. The van der Waals surface area contributed by atoms with Gasteiger partial charge in [-0.25, -0.2) is 9.59 Å². The Labute approximate surface area is 99.0 Å². The highest BCUT2D eigenvalue weighted by atomic mass is 16.6. The Morgan fingerprint density at radius 3 is 2.18 bits per heavy atom. The predicted molar refractivity (Wildman–Crippen MR) is 59.1 cm³/mol. The molecule has 7 nitrogen and oxygen atoms in total. The van der Waals surface area contributed by atoms with Crippen LogP contribution in [0.15, 0.2) is 23.2 Å². The maximum Gasteiger partial charge on any atom is 0.357 e.